The van der Waals surface area contributed by atoms with Gasteiger partial charge in [-0.25, -0.2) is 4.39 Å². The molecule has 1 atom stereocenters. The molecule has 4 rings (SSSR count). The van der Waals surface area contributed by atoms with Gasteiger partial charge in [-0.3, -0.25) is 14.4 Å². The summed E-state index contributed by atoms with van der Waals surface area (Å²) in [6, 6.07) is 13.2. The second kappa shape index (κ2) is 8.24. The molecule has 2 aliphatic heterocycles. The van der Waals surface area contributed by atoms with Crippen LogP contribution in [0.1, 0.15) is 12.8 Å². The van der Waals surface area contributed by atoms with Crippen LogP contribution in [0.15, 0.2) is 53.4 Å². The second-order valence-corrected chi connectivity index (χ2v) is 8.23. The van der Waals surface area contributed by atoms with Crippen molar-refractivity contribution in [2.45, 2.75) is 23.0 Å². The van der Waals surface area contributed by atoms with Crippen molar-refractivity contribution < 1.29 is 18.8 Å². The van der Waals surface area contributed by atoms with Crippen LogP contribution in [0.5, 0.6) is 0 Å². The minimum Gasteiger partial charge on any atom is -0.341 e. The Morgan fingerprint density at radius 3 is 2.62 bits per heavy atom. The maximum Gasteiger partial charge on any atom is 0.247 e. The minimum atomic E-state index is -0.817. The van der Waals surface area contributed by atoms with Gasteiger partial charge < -0.3 is 15.5 Å². The molecule has 2 N–H and O–H groups in total. The average Bonchev–Trinajstić information content (AvgIpc) is 2.73. The van der Waals surface area contributed by atoms with Crippen molar-refractivity contribution in [2.24, 2.45) is 5.92 Å². The smallest absolute Gasteiger partial charge is 0.247 e. The lowest BCUT2D eigenvalue weighted by Crippen LogP contribution is -2.48. The van der Waals surface area contributed by atoms with Crippen LogP contribution in [-0.2, 0) is 14.4 Å². The predicted molar refractivity (Wildman–Crippen MR) is 109 cm³/mol. The predicted octanol–water partition coefficient (Wildman–Crippen LogP) is 3.12. The van der Waals surface area contributed by atoms with Gasteiger partial charge in [0.1, 0.15) is 5.82 Å². The van der Waals surface area contributed by atoms with Crippen molar-refractivity contribution in [3.8, 4) is 0 Å². The standard InChI is InChI=1S/C21H20FN3O3S/c22-14-4-3-5-15(12-14)23-19(26)13-8-10-25(11-9-13)21(28)18-20(27)24-16-6-1-2-7-17(16)29-18/h1-7,12-13,18H,8-11H2,(H,23,26)(H,24,27). The Morgan fingerprint density at radius 2 is 1.86 bits per heavy atom. The molecule has 8 heteroatoms. The van der Waals surface area contributed by atoms with E-state index >= 15 is 0 Å². The molecule has 0 radical (unpaired) electrons. The van der Waals surface area contributed by atoms with E-state index in [-0.39, 0.29) is 23.6 Å². The number of thioether (sulfide) groups is 1. The van der Waals surface area contributed by atoms with Crippen molar-refractivity contribution in [2.75, 3.05) is 23.7 Å². The number of nitrogens with one attached hydrogen (secondary N) is 2. The summed E-state index contributed by atoms with van der Waals surface area (Å²) in [5.41, 5.74) is 1.14. The Morgan fingerprint density at radius 1 is 1.10 bits per heavy atom. The van der Waals surface area contributed by atoms with Crippen molar-refractivity contribution in [3.05, 3.63) is 54.3 Å². The number of piperidine rings is 1. The van der Waals surface area contributed by atoms with Crippen molar-refractivity contribution in [1.82, 2.24) is 4.90 Å². The van der Waals surface area contributed by atoms with Crippen LogP contribution in [-0.4, -0.2) is 41.0 Å². The summed E-state index contributed by atoms with van der Waals surface area (Å²) in [7, 11) is 0. The SMILES string of the molecule is O=C(Nc1cccc(F)c1)C1CCN(C(=O)C2Sc3ccccc3NC2=O)CC1. The number of rotatable bonds is 3. The van der Waals surface area contributed by atoms with Gasteiger partial charge in [-0.1, -0.05) is 18.2 Å². The third kappa shape index (κ3) is 4.27. The van der Waals surface area contributed by atoms with Crippen LogP contribution in [0.3, 0.4) is 0 Å². The van der Waals surface area contributed by atoms with Crippen LogP contribution in [0.4, 0.5) is 15.8 Å². The van der Waals surface area contributed by atoms with E-state index in [4.69, 9.17) is 0 Å². The number of likely N-dealkylation sites (tertiary alicyclic amines) is 1. The van der Waals surface area contributed by atoms with Gasteiger partial charge in [0.25, 0.3) is 0 Å². The van der Waals surface area contributed by atoms with Gasteiger partial charge in [0, 0.05) is 29.6 Å². The zero-order chi connectivity index (χ0) is 20.4. The Hall–Kier alpha value is -2.87. The largest absolute Gasteiger partial charge is 0.341 e. The highest BCUT2D eigenvalue weighted by Crippen LogP contribution is 2.36. The first kappa shape index (κ1) is 19.4. The minimum absolute atomic E-state index is 0.179. The quantitative estimate of drug-likeness (QED) is 0.758. The molecule has 150 valence electrons. The molecule has 29 heavy (non-hydrogen) atoms. The molecule has 1 saturated heterocycles. The first-order chi connectivity index (χ1) is 14.0. The van der Waals surface area contributed by atoms with Crippen LogP contribution in [0.2, 0.25) is 0 Å². The van der Waals surface area contributed by atoms with E-state index in [0.717, 1.165) is 10.6 Å². The number of hydrogen-bond acceptors (Lipinski definition) is 4. The molecule has 1 fully saturated rings. The zero-order valence-corrected chi connectivity index (χ0v) is 16.4. The first-order valence-electron chi connectivity index (χ1n) is 9.43. The van der Waals surface area contributed by atoms with Gasteiger partial charge >= 0.3 is 0 Å². The van der Waals surface area contributed by atoms with Crippen molar-refractivity contribution in [3.63, 3.8) is 0 Å². The van der Waals surface area contributed by atoms with Gasteiger partial charge in [0.15, 0.2) is 5.25 Å². The fourth-order valence-corrected chi connectivity index (χ4v) is 4.63. The van der Waals surface area contributed by atoms with E-state index in [1.54, 1.807) is 11.0 Å². The van der Waals surface area contributed by atoms with Gasteiger partial charge in [0.05, 0.1) is 5.69 Å². The summed E-state index contributed by atoms with van der Waals surface area (Å²) in [6.07, 6.45) is 1.00. The lowest BCUT2D eigenvalue weighted by Gasteiger charge is -2.34. The number of carbonyl (C=O) groups excluding carboxylic acids is 3. The van der Waals surface area contributed by atoms with Crippen molar-refractivity contribution in [1.29, 1.82) is 0 Å². The summed E-state index contributed by atoms with van der Waals surface area (Å²) in [6.45, 7) is 0.818. The molecule has 2 aromatic carbocycles. The number of para-hydroxylation sites is 1. The summed E-state index contributed by atoms with van der Waals surface area (Å²) in [5.74, 6) is -1.39. The van der Waals surface area contributed by atoms with Gasteiger partial charge in [0.2, 0.25) is 17.7 Å². The number of fused-ring (bicyclic) bond motifs is 1. The number of amides is 3. The molecule has 2 heterocycles. The number of hydrogen-bond donors (Lipinski definition) is 2. The van der Waals surface area contributed by atoms with Crippen LogP contribution < -0.4 is 10.6 Å². The van der Waals surface area contributed by atoms with Crippen LogP contribution >= 0.6 is 11.8 Å². The van der Waals surface area contributed by atoms with E-state index < -0.39 is 11.1 Å². The lowest BCUT2D eigenvalue weighted by atomic mass is 9.95. The van der Waals surface area contributed by atoms with E-state index in [0.29, 0.717) is 31.6 Å². The Kier molecular flexibility index (Phi) is 5.53. The van der Waals surface area contributed by atoms with E-state index in [1.807, 2.05) is 24.3 Å². The monoisotopic (exact) mass is 413 g/mol. The van der Waals surface area contributed by atoms with Crippen LogP contribution in [0.25, 0.3) is 0 Å². The highest BCUT2D eigenvalue weighted by Gasteiger charge is 2.37. The lowest BCUT2D eigenvalue weighted by molar-refractivity contribution is -0.136. The molecule has 2 aromatic rings. The molecule has 0 spiro atoms. The molecule has 3 amide bonds. The fraction of sp³-hybridized carbons (Fsp3) is 0.286. The summed E-state index contributed by atoms with van der Waals surface area (Å²) >= 11 is 1.26. The summed E-state index contributed by atoms with van der Waals surface area (Å²) in [5, 5.41) is 4.70. The zero-order valence-electron chi connectivity index (χ0n) is 15.6. The van der Waals surface area contributed by atoms with Gasteiger partial charge in [-0.15, -0.1) is 11.8 Å². The third-order valence-electron chi connectivity index (χ3n) is 5.12. The number of halogens is 1. The second-order valence-electron chi connectivity index (χ2n) is 7.08. The molecule has 1 unspecified atom stereocenters. The molecular weight excluding hydrogens is 393 g/mol. The third-order valence-corrected chi connectivity index (χ3v) is 6.38. The molecule has 6 nitrogen and oxygen atoms in total. The van der Waals surface area contributed by atoms with Gasteiger partial charge in [-0.2, -0.15) is 0 Å². The highest BCUT2D eigenvalue weighted by atomic mass is 32.2. The number of carbonyl (C=O) groups is 3. The van der Waals surface area contributed by atoms with E-state index in [1.165, 1.54) is 30.0 Å². The summed E-state index contributed by atoms with van der Waals surface area (Å²) < 4.78 is 13.3. The Balaban J connectivity index is 1.34. The highest BCUT2D eigenvalue weighted by molar-refractivity contribution is 8.01. The molecule has 0 saturated carbocycles. The molecular formula is C21H20FN3O3S. The molecule has 2 aliphatic rings. The van der Waals surface area contributed by atoms with Gasteiger partial charge in [-0.05, 0) is 43.2 Å². The topological polar surface area (TPSA) is 78.5 Å². The number of nitrogens with zero attached hydrogens (tertiary/aromatic N) is 1. The normalized spacial score (nSPS) is 19.3. The maximum absolute atomic E-state index is 13.3. The fourth-order valence-electron chi connectivity index (χ4n) is 3.55. The molecule has 0 aliphatic carbocycles. The maximum atomic E-state index is 13.3. The first-order valence-corrected chi connectivity index (χ1v) is 10.3. The molecule has 0 bridgehead atoms. The number of benzene rings is 2. The Labute approximate surface area is 171 Å². The Bertz CT molecular complexity index is 960. The van der Waals surface area contributed by atoms with Crippen LogP contribution in [0, 0.1) is 11.7 Å². The van der Waals surface area contributed by atoms with E-state index in [9.17, 15) is 18.8 Å². The van der Waals surface area contributed by atoms with E-state index in [2.05, 4.69) is 10.6 Å². The van der Waals surface area contributed by atoms with Crippen molar-refractivity contribution >= 4 is 40.9 Å². The molecule has 0 aromatic heterocycles. The average molecular weight is 413 g/mol. The summed E-state index contributed by atoms with van der Waals surface area (Å²) in [4.78, 5) is 40.2. The number of anilines is 2.